The first-order valence-electron chi connectivity index (χ1n) is 11.7. The van der Waals surface area contributed by atoms with Crippen LogP contribution in [0.3, 0.4) is 0 Å². The monoisotopic (exact) mass is 491 g/mol. The van der Waals surface area contributed by atoms with Crippen molar-refractivity contribution in [2.45, 2.75) is 38.0 Å². The molecule has 6 nitrogen and oxygen atoms in total. The van der Waals surface area contributed by atoms with Gasteiger partial charge in [-0.15, -0.1) is 0 Å². The molecular formula is C28H27F2N3O3. The summed E-state index contributed by atoms with van der Waals surface area (Å²) in [4.78, 5) is 41.6. The van der Waals surface area contributed by atoms with Crippen LogP contribution < -0.4 is 10.6 Å². The van der Waals surface area contributed by atoms with Crippen LogP contribution in [0.15, 0.2) is 72.8 Å². The summed E-state index contributed by atoms with van der Waals surface area (Å²) in [6.07, 6.45) is -0.513. The molecule has 0 spiro atoms. The number of carbonyl (C=O) groups excluding carboxylic acids is 3. The molecule has 1 aliphatic heterocycles. The van der Waals surface area contributed by atoms with E-state index in [1.54, 1.807) is 62.5 Å². The van der Waals surface area contributed by atoms with E-state index in [1.165, 1.54) is 11.0 Å². The number of ketones is 1. The van der Waals surface area contributed by atoms with Crippen LogP contribution in [-0.4, -0.2) is 35.6 Å². The SMILES string of the molecule is CN[C@@H](C)C(=O)N[C@H](C(=O)N1Cc2ccccc2[C@H]1C(=O)Cc1c(F)cccc1F)c1ccccc1. The van der Waals surface area contributed by atoms with Gasteiger partial charge in [-0.1, -0.05) is 60.7 Å². The van der Waals surface area contributed by atoms with Crippen LogP contribution in [0.5, 0.6) is 0 Å². The van der Waals surface area contributed by atoms with Crippen molar-refractivity contribution in [3.63, 3.8) is 0 Å². The zero-order valence-electron chi connectivity index (χ0n) is 20.0. The van der Waals surface area contributed by atoms with E-state index in [-0.39, 0.29) is 18.0 Å². The largest absolute Gasteiger partial charge is 0.339 e. The van der Waals surface area contributed by atoms with Crippen LogP contribution in [0, 0.1) is 11.6 Å². The van der Waals surface area contributed by atoms with Crippen molar-refractivity contribution in [2.24, 2.45) is 0 Å². The Hall–Kier alpha value is -3.91. The topological polar surface area (TPSA) is 78.5 Å². The molecule has 8 heteroatoms. The summed E-state index contributed by atoms with van der Waals surface area (Å²) in [5.74, 6) is -3.01. The lowest BCUT2D eigenvalue weighted by Gasteiger charge is -2.30. The van der Waals surface area contributed by atoms with Crippen LogP contribution in [0.2, 0.25) is 0 Å². The Morgan fingerprint density at radius 2 is 1.58 bits per heavy atom. The lowest BCUT2D eigenvalue weighted by molar-refractivity contribution is -0.142. The average molecular weight is 492 g/mol. The molecule has 0 bridgehead atoms. The van der Waals surface area contributed by atoms with E-state index in [0.29, 0.717) is 11.1 Å². The van der Waals surface area contributed by atoms with Crippen molar-refractivity contribution >= 4 is 17.6 Å². The number of fused-ring (bicyclic) bond motifs is 1. The molecule has 0 aromatic heterocycles. The first-order valence-corrected chi connectivity index (χ1v) is 11.7. The van der Waals surface area contributed by atoms with Crippen molar-refractivity contribution in [3.8, 4) is 0 Å². The van der Waals surface area contributed by atoms with Crippen LogP contribution in [0.1, 0.15) is 41.3 Å². The number of benzene rings is 3. The first kappa shape index (κ1) is 25.2. The molecule has 36 heavy (non-hydrogen) atoms. The van der Waals surface area contributed by atoms with Gasteiger partial charge in [0.15, 0.2) is 5.78 Å². The molecule has 0 saturated carbocycles. The molecule has 0 radical (unpaired) electrons. The van der Waals surface area contributed by atoms with Gasteiger partial charge in [-0.3, -0.25) is 14.4 Å². The fraction of sp³-hybridized carbons (Fsp3) is 0.250. The Morgan fingerprint density at radius 1 is 0.944 bits per heavy atom. The second kappa shape index (κ2) is 10.8. The number of rotatable bonds is 8. The smallest absolute Gasteiger partial charge is 0.250 e. The van der Waals surface area contributed by atoms with Gasteiger partial charge >= 0.3 is 0 Å². The molecule has 0 fully saturated rings. The van der Waals surface area contributed by atoms with Gasteiger partial charge in [0, 0.05) is 18.5 Å². The summed E-state index contributed by atoms with van der Waals surface area (Å²) >= 11 is 0. The zero-order valence-corrected chi connectivity index (χ0v) is 20.0. The standard InChI is InChI=1S/C28H27F2N3O3/c1-17(31-2)27(35)32-25(18-9-4-3-5-10-18)28(36)33-16-19-11-6-7-12-20(19)26(33)24(34)15-21-22(29)13-8-14-23(21)30/h3-14,17,25-26,31H,15-16H2,1-2H3,(H,32,35)/t17-,25-,26-/m0/s1. The fourth-order valence-corrected chi connectivity index (χ4v) is 4.41. The number of hydrogen-bond donors (Lipinski definition) is 2. The summed E-state index contributed by atoms with van der Waals surface area (Å²) < 4.78 is 28.7. The third kappa shape index (κ3) is 5.04. The van der Waals surface area contributed by atoms with E-state index >= 15 is 0 Å². The summed E-state index contributed by atoms with van der Waals surface area (Å²) in [6.45, 7) is 1.80. The Kier molecular flexibility index (Phi) is 7.55. The zero-order chi connectivity index (χ0) is 25.8. The molecule has 4 rings (SSSR count). The van der Waals surface area contributed by atoms with Crippen LogP contribution in [-0.2, 0) is 27.3 Å². The Balaban J connectivity index is 1.70. The molecule has 1 aliphatic rings. The molecule has 3 atom stereocenters. The van der Waals surface area contributed by atoms with Crippen molar-refractivity contribution in [1.82, 2.24) is 15.5 Å². The molecule has 3 aromatic rings. The number of amides is 2. The summed E-state index contributed by atoms with van der Waals surface area (Å²) in [6, 6.07) is 16.6. The highest BCUT2D eigenvalue weighted by Crippen LogP contribution is 2.37. The van der Waals surface area contributed by atoms with E-state index in [0.717, 1.165) is 17.7 Å². The van der Waals surface area contributed by atoms with E-state index in [1.807, 2.05) is 6.07 Å². The second-order valence-corrected chi connectivity index (χ2v) is 8.77. The highest BCUT2D eigenvalue weighted by atomic mass is 19.1. The number of carbonyl (C=O) groups is 3. The minimum absolute atomic E-state index is 0.131. The predicted octanol–water partition coefficient (Wildman–Crippen LogP) is 3.63. The maximum Gasteiger partial charge on any atom is 0.250 e. The normalized spacial score (nSPS) is 16.2. The predicted molar refractivity (Wildman–Crippen MR) is 131 cm³/mol. The quantitative estimate of drug-likeness (QED) is 0.505. The van der Waals surface area contributed by atoms with Gasteiger partial charge in [0.05, 0.1) is 6.04 Å². The maximum absolute atomic E-state index is 14.3. The van der Waals surface area contributed by atoms with E-state index in [9.17, 15) is 23.2 Å². The Bertz CT molecular complexity index is 1260. The third-order valence-corrected chi connectivity index (χ3v) is 6.50. The van der Waals surface area contributed by atoms with Crippen molar-refractivity contribution < 1.29 is 23.2 Å². The molecule has 0 aliphatic carbocycles. The van der Waals surface area contributed by atoms with Gasteiger partial charge in [-0.2, -0.15) is 0 Å². The van der Waals surface area contributed by atoms with Crippen molar-refractivity contribution in [2.75, 3.05) is 7.05 Å². The summed E-state index contributed by atoms with van der Waals surface area (Å²) in [5.41, 5.74) is 1.59. The molecule has 186 valence electrons. The lowest BCUT2D eigenvalue weighted by Crippen LogP contribution is -2.48. The van der Waals surface area contributed by atoms with Crippen molar-refractivity contribution in [1.29, 1.82) is 0 Å². The number of halogens is 2. The molecule has 2 N–H and O–H groups in total. The van der Waals surface area contributed by atoms with Crippen LogP contribution in [0.25, 0.3) is 0 Å². The number of likely N-dealkylation sites (N-methyl/N-ethyl adjacent to an activating group) is 1. The maximum atomic E-state index is 14.3. The molecule has 0 unspecified atom stereocenters. The number of nitrogens with one attached hydrogen (secondary N) is 2. The van der Waals surface area contributed by atoms with Crippen LogP contribution in [0.4, 0.5) is 8.78 Å². The van der Waals surface area contributed by atoms with Gasteiger partial charge in [-0.05, 0) is 42.8 Å². The first-order chi connectivity index (χ1) is 17.3. The molecule has 0 saturated heterocycles. The number of Topliss-reactive ketones (excluding diaryl/α,β-unsaturated/α-hetero) is 1. The molecule has 1 heterocycles. The number of hydrogen-bond acceptors (Lipinski definition) is 4. The van der Waals surface area contributed by atoms with Gasteiger partial charge in [0.25, 0.3) is 5.91 Å². The number of nitrogens with zero attached hydrogens (tertiary/aromatic N) is 1. The van der Waals surface area contributed by atoms with Gasteiger partial charge < -0.3 is 15.5 Å². The highest BCUT2D eigenvalue weighted by molar-refractivity contribution is 5.96. The second-order valence-electron chi connectivity index (χ2n) is 8.77. The van der Waals surface area contributed by atoms with Gasteiger partial charge in [0.1, 0.15) is 23.7 Å². The molecule has 3 aromatic carbocycles. The summed E-state index contributed by atoms with van der Waals surface area (Å²) in [5, 5.41) is 5.64. The van der Waals surface area contributed by atoms with E-state index < -0.39 is 47.9 Å². The Labute approximate surface area is 208 Å². The Morgan fingerprint density at radius 3 is 2.25 bits per heavy atom. The fourth-order valence-electron chi connectivity index (χ4n) is 4.41. The van der Waals surface area contributed by atoms with Crippen LogP contribution >= 0.6 is 0 Å². The van der Waals surface area contributed by atoms with Gasteiger partial charge in [0.2, 0.25) is 5.91 Å². The van der Waals surface area contributed by atoms with E-state index in [2.05, 4.69) is 10.6 Å². The minimum Gasteiger partial charge on any atom is -0.339 e. The highest BCUT2D eigenvalue weighted by Gasteiger charge is 2.41. The third-order valence-electron chi connectivity index (χ3n) is 6.50. The van der Waals surface area contributed by atoms with Gasteiger partial charge in [-0.25, -0.2) is 8.78 Å². The molecular weight excluding hydrogens is 464 g/mol. The average Bonchev–Trinajstić information content (AvgIpc) is 3.28. The van der Waals surface area contributed by atoms with E-state index in [4.69, 9.17) is 0 Å². The lowest BCUT2D eigenvalue weighted by atomic mass is 9.96. The molecule has 2 amide bonds. The summed E-state index contributed by atoms with van der Waals surface area (Å²) in [7, 11) is 1.64. The van der Waals surface area contributed by atoms with Crippen molar-refractivity contribution in [3.05, 3.63) is 107 Å². The minimum atomic E-state index is -1.05.